The van der Waals surface area contributed by atoms with Gasteiger partial charge in [-0.25, -0.2) is 0 Å². The molecule has 2 saturated carbocycles. The second-order valence-electron chi connectivity index (χ2n) is 4.52. The summed E-state index contributed by atoms with van der Waals surface area (Å²) in [7, 11) is 0. The topological polar surface area (TPSA) is 49.3 Å². The average Bonchev–Trinajstić information content (AvgIpc) is 2.69. The van der Waals surface area contributed by atoms with Crippen LogP contribution in [-0.4, -0.2) is 23.7 Å². The number of hydrogen-bond donors (Lipinski definition) is 2. The predicted molar refractivity (Wildman–Crippen MR) is 49.0 cm³/mol. The molecule has 2 aliphatic carbocycles. The summed E-state index contributed by atoms with van der Waals surface area (Å²) in [5.74, 6) is 2.08. The van der Waals surface area contributed by atoms with E-state index in [1.807, 2.05) is 0 Å². The van der Waals surface area contributed by atoms with Gasteiger partial charge < -0.3 is 10.4 Å². The molecule has 2 fully saturated rings. The molecule has 0 aliphatic heterocycles. The maximum atomic E-state index is 11.5. The summed E-state index contributed by atoms with van der Waals surface area (Å²) in [6.07, 6.45) is 3.08. The van der Waals surface area contributed by atoms with Gasteiger partial charge in [-0.05, 0) is 38.0 Å². The lowest BCUT2D eigenvalue weighted by Gasteiger charge is -2.12. The zero-order chi connectivity index (χ0) is 9.42. The Kier molecular flexibility index (Phi) is 2.28. The molecular weight excluding hydrogens is 166 g/mol. The molecule has 1 amide bonds. The molecule has 2 N–H and O–H groups in total. The van der Waals surface area contributed by atoms with Crippen molar-refractivity contribution in [3.63, 3.8) is 0 Å². The molecule has 74 valence electrons. The van der Waals surface area contributed by atoms with Crippen LogP contribution in [-0.2, 0) is 4.79 Å². The van der Waals surface area contributed by atoms with Crippen molar-refractivity contribution >= 4 is 5.91 Å². The van der Waals surface area contributed by atoms with E-state index in [4.69, 9.17) is 5.11 Å². The molecule has 0 heterocycles. The number of aliphatic hydroxyl groups is 1. The van der Waals surface area contributed by atoms with Crippen LogP contribution in [0.1, 0.15) is 26.2 Å². The molecule has 0 bridgehead atoms. The maximum Gasteiger partial charge on any atom is 0.223 e. The van der Waals surface area contributed by atoms with Crippen molar-refractivity contribution in [2.75, 3.05) is 6.54 Å². The Balaban J connectivity index is 1.71. The molecule has 3 nitrogen and oxygen atoms in total. The number of fused-ring (bicyclic) bond motifs is 1. The van der Waals surface area contributed by atoms with Gasteiger partial charge in [0.25, 0.3) is 0 Å². The van der Waals surface area contributed by atoms with Gasteiger partial charge in [0.2, 0.25) is 5.91 Å². The Morgan fingerprint density at radius 2 is 2.08 bits per heavy atom. The first kappa shape index (κ1) is 9.00. The molecule has 0 spiro atoms. The van der Waals surface area contributed by atoms with E-state index in [-0.39, 0.29) is 11.8 Å². The number of aliphatic hydroxyl groups excluding tert-OH is 1. The van der Waals surface area contributed by atoms with E-state index in [0.717, 1.165) is 24.7 Å². The molecule has 13 heavy (non-hydrogen) atoms. The summed E-state index contributed by atoms with van der Waals surface area (Å²) in [6.45, 7) is 2.08. The molecule has 0 aromatic carbocycles. The lowest BCUT2D eigenvalue weighted by Crippen LogP contribution is -2.34. The summed E-state index contributed by atoms with van der Waals surface area (Å²) in [5.41, 5.74) is 0. The predicted octanol–water partition coefficient (Wildman–Crippen LogP) is 0.529. The van der Waals surface area contributed by atoms with Gasteiger partial charge in [-0.15, -0.1) is 0 Å². The fraction of sp³-hybridized carbons (Fsp3) is 0.900. The Morgan fingerprint density at radius 1 is 1.46 bits per heavy atom. The lowest BCUT2D eigenvalue weighted by molar-refractivity contribution is -0.125. The van der Waals surface area contributed by atoms with Gasteiger partial charge in [-0.1, -0.05) is 0 Å². The number of carbonyl (C=O) groups excluding carboxylic acids is 1. The van der Waals surface area contributed by atoms with E-state index in [1.54, 1.807) is 6.92 Å². The Bertz CT molecular complexity index is 205. The largest absolute Gasteiger partial charge is 0.392 e. The fourth-order valence-corrected chi connectivity index (χ4v) is 2.32. The van der Waals surface area contributed by atoms with Crippen LogP contribution in [0.5, 0.6) is 0 Å². The molecule has 2 unspecified atom stereocenters. The number of amides is 1. The Hall–Kier alpha value is -0.570. The second kappa shape index (κ2) is 3.29. The van der Waals surface area contributed by atoms with Crippen molar-refractivity contribution in [1.29, 1.82) is 0 Å². The van der Waals surface area contributed by atoms with Gasteiger partial charge in [-0.3, -0.25) is 4.79 Å². The van der Waals surface area contributed by atoms with Gasteiger partial charge in [0.05, 0.1) is 6.10 Å². The third-order valence-electron chi connectivity index (χ3n) is 3.19. The molecule has 0 aromatic rings. The summed E-state index contributed by atoms with van der Waals surface area (Å²) in [5, 5.41) is 11.8. The van der Waals surface area contributed by atoms with Gasteiger partial charge in [-0.2, -0.15) is 0 Å². The van der Waals surface area contributed by atoms with Crippen LogP contribution in [0.2, 0.25) is 0 Å². The van der Waals surface area contributed by atoms with Crippen LogP contribution in [0.3, 0.4) is 0 Å². The van der Waals surface area contributed by atoms with Crippen LogP contribution in [0.25, 0.3) is 0 Å². The molecule has 3 atom stereocenters. The van der Waals surface area contributed by atoms with Gasteiger partial charge in [0.15, 0.2) is 0 Å². The smallest absolute Gasteiger partial charge is 0.223 e. The Morgan fingerprint density at radius 3 is 2.62 bits per heavy atom. The van der Waals surface area contributed by atoms with Crippen LogP contribution in [0.15, 0.2) is 0 Å². The molecular formula is C10H17NO2. The quantitative estimate of drug-likeness (QED) is 0.670. The second-order valence-corrected chi connectivity index (χ2v) is 4.52. The molecule has 2 aliphatic rings. The minimum atomic E-state index is -0.431. The van der Waals surface area contributed by atoms with Crippen molar-refractivity contribution in [3.8, 4) is 0 Å². The highest BCUT2D eigenvalue weighted by molar-refractivity contribution is 5.79. The monoisotopic (exact) mass is 183 g/mol. The number of carbonyl (C=O) groups is 1. The normalized spacial score (nSPS) is 38.2. The first-order chi connectivity index (χ1) is 6.16. The maximum absolute atomic E-state index is 11.5. The van der Waals surface area contributed by atoms with E-state index in [2.05, 4.69) is 5.32 Å². The van der Waals surface area contributed by atoms with Crippen LogP contribution < -0.4 is 5.32 Å². The average molecular weight is 183 g/mol. The van der Waals surface area contributed by atoms with E-state index < -0.39 is 6.10 Å². The standard InChI is InChI=1S/C10H17NO2/c1-6(12)5-11-10(13)9-3-7-2-8(7)4-9/h6-9,12H,2-5H2,1H3,(H,11,13)/t6-,7?,8?,9?/m1/s1. The van der Waals surface area contributed by atoms with E-state index >= 15 is 0 Å². The van der Waals surface area contributed by atoms with E-state index in [9.17, 15) is 4.79 Å². The summed E-state index contributed by atoms with van der Waals surface area (Å²) in [6, 6.07) is 0. The number of hydrogen-bond acceptors (Lipinski definition) is 2. The van der Waals surface area contributed by atoms with Crippen molar-refractivity contribution in [1.82, 2.24) is 5.32 Å². The van der Waals surface area contributed by atoms with Crippen LogP contribution in [0.4, 0.5) is 0 Å². The zero-order valence-electron chi connectivity index (χ0n) is 7.99. The molecule has 0 saturated heterocycles. The van der Waals surface area contributed by atoms with Crippen molar-refractivity contribution < 1.29 is 9.90 Å². The van der Waals surface area contributed by atoms with Crippen molar-refractivity contribution in [3.05, 3.63) is 0 Å². The highest BCUT2D eigenvalue weighted by Crippen LogP contribution is 2.54. The van der Waals surface area contributed by atoms with Crippen molar-refractivity contribution in [2.24, 2.45) is 17.8 Å². The molecule has 0 aromatic heterocycles. The Labute approximate surface area is 78.5 Å². The van der Waals surface area contributed by atoms with E-state index in [0.29, 0.717) is 6.54 Å². The third kappa shape index (κ3) is 2.02. The van der Waals surface area contributed by atoms with Crippen molar-refractivity contribution in [2.45, 2.75) is 32.3 Å². The summed E-state index contributed by atoms with van der Waals surface area (Å²) < 4.78 is 0. The van der Waals surface area contributed by atoms with Gasteiger partial charge in [0.1, 0.15) is 0 Å². The van der Waals surface area contributed by atoms with Crippen LogP contribution in [0, 0.1) is 17.8 Å². The van der Waals surface area contributed by atoms with E-state index in [1.165, 1.54) is 6.42 Å². The fourth-order valence-electron chi connectivity index (χ4n) is 2.32. The van der Waals surface area contributed by atoms with Crippen LogP contribution >= 0.6 is 0 Å². The lowest BCUT2D eigenvalue weighted by atomic mass is 10.0. The van der Waals surface area contributed by atoms with Gasteiger partial charge in [0, 0.05) is 12.5 Å². The molecule has 2 rings (SSSR count). The minimum absolute atomic E-state index is 0.146. The minimum Gasteiger partial charge on any atom is -0.392 e. The SMILES string of the molecule is C[C@@H](O)CNC(=O)C1CC2CC2C1. The summed E-state index contributed by atoms with van der Waals surface area (Å²) >= 11 is 0. The molecule has 0 radical (unpaired) electrons. The molecule has 3 heteroatoms. The third-order valence-corrected chi connectivity index (χ3v) is 3.19. The zero-order valence-corrected chi connectivity index (χ0v) is 7.99. The number of nitrogens with one attached hydrogen (secondary N) is 1. The highest BCUT2D eigenvalue weighted by atomic mass is 16.3. The summed E-state index contributed by atoms with van der Waals surface area (Å²) in [4.78, 5) is 11.5. The number of rotatable bonds is 3. The highest BCUT2D eigenvalue weighted by Gasteiger charge is 2.47. The first-order valence-corrected chi connectivity index (χ1v) is 5.12. The first-order valence-electron chi connectivity index (χ1n) is 5.12. The van der Waals surface area contributed by atoms with Gasteiger partial charge >= 0.3 is 0 Å².